The molecule has 22 heavy (non-hydrogen) atoms. The van der Waals surface area contributed by atoms with Gasteiger partial charge in [0.1, 0.15) is 0 Å². The Morgan fingerprint density at radius 1 is 1.32 bits per heavy atom. The number of carboxylic acids is 1. The average Bonchev–Trinajstić information content (AvgIpc) is 2.53. The first-order valence-corrected chi connectivity index (χ1v) is 9.23. The molecule has 1 heterocycles. The molecule has 6 heteroatoms. The molecule has 1 amide bonds. The van der Waals surface area contributed by atoms with Crippen LogP contribution < -0.4 is 0 Å². The minimum atomic E-state index is -0.789. The zero-order valence-corrected chi connectivity index (χ0v) is 14.7. The van der Waals surface area contributed by atoms with Gasteiger partial charge in [0.05, 0.1) is 5.92 Å². The number of thioether (sulfide) groups is 1. The monoisotopic (exact) mass is 385 g/mol. The van der Waals surface area contributed by atoms with E-state index in [0.717, 1.165) is 23.1 Å². The van der Waals surface area contributed by atoms with Crippen molar-refractivity contribution in [1.29, 1.82) is 0 Å². The van der Waals surface area contributed by atoms with Crippen LogP contribution in [-0.4, -0.2) is 40.7 Å². The fraction of sp³-hybridized carbons (Fsp3) is 0.500. The third kappa shape index (κ3) is 5.32. The summed E-state index contributed by atoms with van der Waals surface area (Å²) in [6.07, 6.45) is 2.78. The normalized spacial score (nSPS) is 18.2. The molecule has 1 aromatic rings. The molecule has 1 aromatic carbocycles. The van der Waals surface area contributed by atoms with Crippen LogP contribution in [0.5, 0.6) is 0 Å². The van der Waals surface area contributed by atoms with Crippen LogP contribution in [0.2, 0.25) is 0 Å². The van der Waals surface area contributed by atoms with E-state index in [2.05, 4.69) is 28.1 Å². The number of carbonyl (C=O) groups excluding carboxylic acids is 1. The number of hydrogen-bond donors (Lipinski definition) is 1. The van der Waals surface area contributed by atoms with Crippen molar-refractivity contribution in [3.8, 4) is 0 Å². The minimum Gasteiger partial charge on any atom is -0.481 e. The molecule has 4 nitrogen and oxygen atoms in total. The van der Waals surface area contributed by atoms with Crippen LogP contribution in [0.3, 0.4) is 0 Å². The number of hydrogen-bond acceptors (Lipinski definition) is 3. The summed E-state index contributed by atoms with van der Waals surface area (Å²) in [6, 6.07) is 8.12. The van der Waals surface area contributed by atoms with Gasteiger partial charge in [-0.25, -0.2) is 0 Å². The molecule has 1 aliphatic rings. The van der Waals surface area contributed by atoms with Crippen LogP contribution in [0.25, 0.3) is 0 Å². The number of carboxylic acid groups (broad SMARTS) is 1. The summed E-state index contributed by atoms with van der Waals surface area (Å²) >= 11 is 5.14. The van der Waals surface area contributed by atoms with Gasteiger partial charge in [-0.05, 0) is 49.3 Å². The van der Waals surface area contributed by atoms with E-state index in [1.54, 1.807) is 16.7 Å². The molecule has 2 rings (SSSR count). The second-order valence-corrected chi connectivity index (χ2v) is 7.51. The lowest BCUT2D eigenvalue weighted by Crippen LogP contribution is -2.42. The number of carbonyl (C=O) groups is 2. The van der Waals surface area contributed by atoms with Gasteiger partial charge >= 0.3 is 5.97 Å². The third-order valence-corrected chi connectivity index (χ3v) is 5.37. The van der Waals surface area contributed by atoms with Gasteiger partial charge in [-0.15, -0.1) is 11.8 Å². The largest absolute Gasteiger partial charge is 0.481 e. The summed E-state index contributed by atoms with van der Waals surface area (Å²) in [5, 5.41) is 9.05. The van der Waals surface area contributed by atoms with Gasteiger partial charge in [0, 0.05) is 28.9 Å². The van der Waals surface area contributed by atoms with E-state index in [1.807, 2.05) is 12.1 Å². The van der Waals surface area contributed by atoms with Gasteiger partial charge in [-0.1, -0.05) is 15.9 Å². The second kappa shape index (κ2) is 8.58. The van der Waals surface area contributed by atoms with Gasteiger partial charge in [0.2, 0.25) is 5.91 Å². The SMILES string of the molecule is O=C(O)[C@H]1CCCN(C(=O)CCCSc2ccc(Br)cc2)C1. The quantitative estimate of drug-likeness (QED) is 0.599. The highest BCUT2D eigenvalue weighted by atomic mass is 79.9. The lowest BCUT2D eigenvalue weighted by molar-refractivity contribution is -0.145. The highest BCUT2D eigenvalue weighted by Gasteiger charge is 2.27. The molecular formula is C16H20BrNO3S. The highest BCUT2D eigenvalue weighted by molar-refractivity contribution is 9.10. The van der Waals surface area contributed by atoms with Gasteiger partial charge in [-0.2, -0.15) is 0 Å². The molecule has 0 spiro atoms. The van der Waals surface area contributed by atoms with E-state index in [-0.39, 0.29) is 5.91 Å². The molecule has 0 unspecified atom stereocenters. The van der Waals surface area contributed by atoms with Gasteiger partial charge in [-0.3, -0.25) is 9.59 Å². The number of likely N-dealkylation sites (tertiary alicyclic amines) is 1. The predicted octanol–water partition coefficient (Wildman–Crippen LogP) is 3.64. The maximum atomic E-state index is 12.1. The van der Waals surface area contributed by atoms with Crippen molar-refractivity contribution in [3.63, 3.8) is 0 Å². The van der Waals surface area contributed by atoms with Crippen molar-refractivity contribution in [1.82, 2.24) is 4.90 Å². The molecule has 0 aliphatic carbocycles. The molecular weight excluding hydrogens is 366 g/mol. The van der Waals surface area contributed by atoms with Crippen molar-refractivity contribution in [2.45, 2.75) is 30.6 Å². The van der Waals surface area contributed by atoms with Crippen molar-refractivity contribution >= 4 is 39.6 Å². The molecule has 1 aliphatic heterocycles. The Morgan fingerprint density at radius 3 is 2.73 bits per heavy atom. The zero-order valence-electron chi connectivity index (χ0n) is 12.3. The summed E-state index contributed by atoms with van der Waals surface area (Å²) in [6.45, 7) is 1.07. The van der Waals surface area contributed by atoms with Crippen molar-refractivity contribution in [3.05, 3.63) is 28.7 Å². The number of aliphatic carboxylic acids is 1. The van der Waals surface area contributed by atoms with E-state index < -0.39 is 11.9 Å². The molecule has 1 N–H and O–H groups in total. The predicted molar refractivity (Wildman–Crippen MR) is 91.0 cm³/mol. The third-order valence-electron chi connectivity index (χ3n) is 3.74. The maximum absolute atomic E-state index is 12.1. The van der Waals surface area contributed by atoms with E-state index in [0.29, 0.717) is 25.9 Å². The number of piperidine rings is 1. The first-order valence-electron chi connectivity index (χ1n) is 7.45. The first-order chi connectivity index (χ1) is 10.6. The van der Waals surface area contributed by atoms with Crippen molar-refractivity contribution in [2.24, 2.45) is 5.92 Å². The molecule has 1 saturated heterocycles. The Bertz CT molecular complexity index is 521. The average molecular weight is 386 g/mol. The summed E-state index contributed by atoms with van der Waals surface area (Å²) < 4.78 is 1.06. The van der Waals surface area contributed by atoms with Crippen molar-refractivity contribution in [2.75, 3.05) is 18.8 Å². The van der Waals surface area contributed by atoms with E-state index in [4.69, 9.17) is 5.11 Å². The van der Waals surface area contributed by atoms with Crippen molar-refractivity contribution < 1.29 is 14.7 Å². The minimum absolute atomic E-state index is 0.0855. The lowest BCUT2D eigenvalue weighted by Gasteiger charge is -2.30. The van der Waals surface area contributed by atoms with E-state index in [1.165, 1.54) is 4.90 Å². The zero-order chi connectivity index (χ0) is 15.9. The molecule has 1 fully saturated rings. The Morgan fingerprint density at radius 2 is 2.05 bits per heavy atom. The van der Waals surface area contributed by atoms with Crippen LogP contribution in [0.4, 0.5) is 0 Å². The van der Waals surface area contributed by atoms with Gasteiger partial charge < -0.3 is 10.0 Å². The standard InChI is InChI=1S/C16H20BrNO3S/c17-13-5-7-14(8-6-13)22-10-2-4-15(19)18-9-1-3-12(11-18)16(20)21/h5-8,12H,1-4,9-11H2,(H,20,21)/t12-/m0/s1. The van der Waals surface area contributed by atoms with E-state index in [9.17, 15) is 9.59 Å². The Kier molecular flexibility index (Phi) is 6.76. The Hall–Kier alpha value is -1.01. The summed E-state index contributed by atoms with van der Waals surface area (Å²) in [5.41, 5.74) is 0. The molecule has 0 radical (unpaired) electrons. The number of nitrogens with zero attached hydrogens (tertiary/aromatic N) is 1. The second-order valence-electron chi connectivity index (χ2n) is 5.42. The summed E-state index contributed by atoms with van der Waals surface area (Å²) in [5.74, 6) is -0.204. The molecule has 0 saturated carbocycles. The molecule has 1 atom stereocenters. The Balaban J connectivity index is 1.69. The maximum Gasteiger partial charge on any atom is 0.308 e. The first kappa shape index (κ1) is 17.3. The number of halogens is 1. The van der Waals surface area contributed by atoms with Crippen LogP contribution >= 0.6 is 27.7 Å². The van der Waals surface area contributed by atoms with Crippen LogP contribution in [0, 0.1) is 5.92 Å². The molecule has 0 bridgehead atoms. The summed E-state index contributed by atoms with van der Waals surface area (Å²) in [7, 11) is 0. The smallest absolute Gasteiger partial charge is 0.308 e. The van der Waals surface area contributed by atoms with Gasteiger partial charge in [0.25, 0.3) is 0 Å². The number of rotatable bonds is 6. The van der Waals surface area contributed by atoms with Gasteiger partial charge in [0.15, 0.2) is 0 Å². The Labute approximate surface area is 143 Å². The van der Waals surface area contributed by atoms with Crippen LogP contribution in [-0.2, 0) is 9.59 Å². The van der Waals surface area contributed by atoms with Crippen LogP contribution in [0.1, 0.15) is 25.7 Å². The number of benzene rings is 1. The highest BCUT2D eigenvalue weighted by Crippen LogP contribution is 2.22. The molecule has 120 valence electrons. The molecule has 0 aromatic heterocycles. The lowest BCUT2D eigenvalue weighted by atomic mass is 9.98. The van der Waals surface area contributed by atoms with Crippen LogP contribution in [0.15, 0.2) is 33.6 Å². The number of amides is 1. The van der Waals surface area contributed by atoms with E-state index >= 15 is 0 Å². The summed E-state index contributed by atoms with van der Waals surface area (Å²) in [4.78, 5) is 26.1. The fourth-order valence-electron chi connectivity index (χ4n) is 2.51. The topological polar surface area (TPSA) is 57.6 Å². The fourth-order valence-corrected chi connectivity index (χ4v) is 3.62.